The van der Waals surface area contributed by atoms with Crippen LogP contribution in [0.25, 0.3) is 0 Å². The van der Waals surface area contributed by atoms with Gasteiger partial charge in [0.25, 0.3) is 0 Å². The number of benzene rings is 2. The molecule has 0 fully saturated rings. The lowest BCUT2D eigenvalue weighted by Crippen LogP contribution is -2.32. The van der Waals surface area contributed by atoms with Crippen molar-refractivity contribution >= 4 is 18.2 Å². The first kappa shape index (κ1) is 15.2. The second kappa shape index (κ2) is 12.5. The van der Waals surface area contributed by atoms with Crippen molar-refractivity contribution in [3.05, 3.63) is 65.7 Å². The zero-order valence-electron chi connectivity index (χ0n) is 19.7. The zero-order valence-corrected chi connectivity index (χ0v) is 15.5. The number of para-hydroxylation sites is 1. The molecule has 4 nitrogen and oxygen atoms in total. The normalized spacial score (nSPS) is 16.6. The molecule has 0 heterocycles. The first-order valence-electron chi connectivity index (χ1n) is 10.8. The summed E-state index contributed by atoms with van der Waals surface area (Å²) in [6, 6.07) is 15.4. The lowest BCUT2D eigenvalue weighted by molar-refractivity contribution is 0.0950. The molecule has 26 heavy (non-hydrogen) atoms. The molecule has 0 spiro atoms. The topological polar surface area (TPSA) is 58.6 Å². The van der Waals surface area contributed by atoms with Crippen LogP contribution in [0, 0.1) is 0 Å². The number of ether oxygens (including phenoxy) is 1. The van der Waals surface area contributed by atoms with E-state index in [1.165, 1.54) is 18.2 Å². The molecule has 0 saturated heterocycles. The number of aliphatic hydroxyl groups is 1. The molecule has 5 heteroatoms. The van der Waals surface area contributed by atoms with Gasteiger partial charge in [0.15, 0.2) is 5.78 Å². The predicted octanol–water partition coefficient (Wildman–Crippen LogP) is 3.66. The van der Waals surface area contributed by atoms with Crippen LogP contribution < -0.4 is 10.1 Å². The average molecular weight is 383 g/mol. The van der Waals surface area contributed by atoms with Crippen molar-refractivity contribution in [3.8, 4) is 5.75 Å². The van der Waals surface area contributed by atoms with Gasteiger partial charge in [-0.3, -0.25) is 4.79 Å². The maximum atomic E-state index is 12.7. The molecule has 0 amide bonds. The van der Waals surface area contributed by atoms with Crippen molar-refractivity contribution in [2.24, 2.45) is 0 Å². The fourth-order valence-electron chi connectivity index (χ4n) is 2.22. The molecule has 0 unspecified atom stereocenters. The molecule has 0 aliphatic carbocycles. The van der Waals surface area contributed by atoms with Gasteiger partial charge in [-0.1, -0.05) is 49.4 Å². The van der Waals surface area contributed by atoms with Gasteiger partial charge in [-0.25, -0.2) is 0 Å². The van der Waals surface area contributed by atoms with Crippen LogP contribution in [0.3, 0.4) is 0 Å². The third-order valence-corrected chi connectivity index (χ3v) is 3.51. The van der Waals surface area contributed by atoms with Gasteiger partial charge in [0.1, 0.15) is 18.4 Å². The summed E-state index contributed by atoms with van der Waals surface area (Å²) < 4.78 is 45.1. The number of Topliss-reactive ketones (excluding diaryl/α,β-unsaturated/α-hetero) is 1. The summed E-state index contributed by atoms with van der Waals surface area (Å²) in [7, 11) is 0. The van der Waals surface area contributed by atoms with Gasteiger partial charge < -0.3 is 15.2 Å². The standard InChI is InChI=1S/C21H27NO3.ClH/c1-2-14-22-15-18(23)16-25-21-11-7-6-10-19(21)20(24)13-12-17-8-4-3-5-9-17;/h3-11,18,22-23H,2,12-16H2,1H3;1H/t18-;/m1./s1/i15D2,16D2,18D;. The third-order valence-electron chi connectivity index (χ3n) is 3.51. The Labute approximate surface area is 169 Å². The van der Waals surface area contributed by atoms with Gasteiger partial charge >= 0.3 is 0 Å². The minimum Gasteiger partial charge on any atom is -0.490 e. The molecule has 0 radical (unpaired) electrons. The first-order valence-corrected chi connectivity index (χ1v) is 8.34. The SMILES string of the molecule is Cl.[2H]C([2H])(NCCC)[C@@]([2H])(O)C([2H])([2H])Oc1ccccc1C(=O)CCc1ccccc1. The van der Waals surface area contributed by atoms with Crippen molar-refractivity contribution < 1.29 is 21.5 Å². The molecule has 2 aromatic rings. The lowest BCUT2D eigenvalue weighted by Gasteiger charge is -2.15. The molecule has 2 N–H and O–H groups in total. The number of nitrogens with one attached hydrogen (secondary N) is 1. The van der Waals surface area contributed by atoms with E-state index < -0.39 is 19.1 Å². The van der Waals surface area contributed by atoms with E-state index in [2.05, 4.69) is 5.32 Å². The quantitative estimate of drug-likeness (QED) is 0.582. The Hall–Kier alpha value is -1.88. The Bertz CT molecular complexity index is 850. The van der Waals surface area contributed by atoms with E-state index in [0.717, 1.165) is 5.56 Å². The number of rotatable bonds is 11. The number of carbonyl (C=O) groups is 1. The Balaban J connectivity index is 0.00000480. The van der Waals surface area contributed by atoms with Crippen molar-refractivity contribution in [2.45, 2.75) is 32.3 Å². The van der Waals surface area contributed by atoms with E-state index >= 15 is 0 Å². The summed E-state index contributed by atoms with van der Waals surface area (Å²) >= 11 is 0. The maximum absolute atomic E-state index is 12.7. The molecule has 0 aromatic heterocycles. The molecule has 0 bridgehead atoms. The van der Waals surface area contributed by atoms with Gasteiger partial charge in [-0.15, -0.1) is 12.4 Å². The maximum Gasteiger partial charge on any atom is 0.166 e. The van der Waals surface area contributed by atoms with E-state index in [1.54, 1.807) is 13.0 Å². The molecule has 1 atom stereocenters. The Morgan fingerprint density at radius 2 is 1.92 bits per heavy atom. The van der Waals surface area contributed by atoms with Gasteiger partial charge in [0.05, 0.1) is 9.68 Å². The first-order chi connectivity index (χ1) is 14.0. The lowest BCUT2D eigenvalue weighted by atomic mass is 10.0. The number of ketones is 1. The summed E-state index contributed by atoms with van der Waals surface area (Å²) in [5.41, 5.74) is 1.09. The average Bonchev–Trinajstić information content (AvgIpc) is 2.71. The van der Waals surface area contributed by atoms with Gasteiger partial charge in [0.2, 0.25) is 0 Å². The Kier molecular flexibility index (Phi) is 7.29. The minimum atomic E-state index is -3.28. The molecule has 0 saturated carbocycles. The molecular formula is C21H28ClNO3. The van der Waals surface area contributed by atoms with E-state index in [-0.39, 0.29) is 42.5 Å². The van der Waals surface area contributed by atoms with Crippen molar-refractivity contribution in [1.82, 2.24) is 5.32 Å². The summed E-state index contributed by atoms with van der Waals surface area (Å²) in [4.78, 5) is 12.7. The predicted molar refractivity (Wildman–Crippen MR) is 107 cm³/mol. The van der Waals surface area contributed by atoms with E-state index in [4.69, 9.17) is 11.6 Å². The van der Waals surface area contributed by atoms with E-state index in [1.807, 2.05) is 30.3 Å². The van der Waals surface area contributed by atoms with Crippen LogP contribution in [0.1, 0.15) is 42.5 Å². The van der Waals surface area contributed by atoms with Crippen LogP contribution in [-0.2, 0) is 6.42 Å². The highest BCUT2D eigenvalue weighted by atomic mass is 35.5. The molecule has 0 aliphatic rings. The monoisotopic (exact) mass is 382 g/mol. The second-order valence-corrected chi connectivity index (χ2v) is 5.51. The van der Waals surface area contributed by atoms with E-state index in [9.17, 15) is 9.90 Å². The molecule has 142 valence electrons. The fraction of sp³-hybridized carbons (Fsp3) is 0.381. The van der Waals surface area contributed by atoms with Gasteiger partial charge in [0, 0.05) is 15.7 Å². The summed E-state index contributed by atoms with van der Waals surface area (Å²) in [5.74, 6) is -0.441. The van der Waals surface area contributed by atoms with Crippen molar-refractivity contribution in [2.75, 3.05) is 19.6 Å². The smallest absolute Gasteiger partial charge is 0.166 e. The minimum absolute atomic E-state index is 0. The molecule has 2 aromatic carbocycles. The Morgan fingerprint density at radius 3 is 2.65 bits per heavy atom. The number of aryl methyl sites for hydroxylation is 1. The third kappa shape index (κ3) is 7.56. The Morgan fingerprint density at radius 1 is 1.23 bits per heavy atom. The van der Waals surface area contributed by atoms with Crippen molar-refractivity contribution in [1.29, 1.82) is 0 Å². The van der Waals surface area contributed by atoms with Crippen LogP contribution in [0.2, 0.25) is 0 Å². The highest BCUT2D eigenvalue weighted by Crippen LogP contribution is 2.20. The summed E-state index contributed by atoms with van der Waals surface area (Å²) in [6.07, 6.45) is -2.10. The van der Waals surface area contributed by atoms with Crippen LogP contribution in [0.5, 0.6) is 5.75 Å². The summed E-state index contributed by atoms with van der Waals surface area (Å²) in [5, 5.41) is 12.7. The summed E-state index contributed by atoms with van der Waals surface area (Å²) in [6.45, 7) is -4.03. The number of hydrogen-bond donors (Lipinski definition) is 2. The largest absolute Gasteiger partial charge is 0.490 e. The molecular weight excluding hydrogens is 350 g/mol. The number of carbonyl (C=O) groups excluding carboxylic acids is 1. The van der Waals surface area contributed by atoms with Gasteiger partial charge in [-0.2, -0.15) is 0 Å². The highest BCUT2D eigenvalue weighted by Gasteiger charge is 2.13. The molecule has 0 aliphatic heterocycles. The molecule has 2 rings (SSSR count). The van der Waals surface area contributed by atoms with Gasteiger partial charge in [-0.05, 0) is 37.1 Å². The van der Waals surface area contributed by atoms with Crippen LogP contribution in [-0.4, -0.2) is 36.6 Å². The number of halogens is 1. The van der Waals surface area contributed by atoms with Crippen LogP contribution in [0.15, 0.2) is 54.6 Å². The fourth-order valence-corrected chi connectivity index (χ4v) is 2.22. The highest BCUT2D eigenvalue weighted by molar-refractivity contribution is 5.98. The van der Waals surface area contributed by atoms with E-state index in [0.29, 0.717) is 12.8 Å². The van der Waals surface area contributed by atoms with Crippen LogP contribution >= 0.6 is 12.4 Å². The second-order valence-electron chi connectivity index (χ2n) is 5.51. The number of hydrogen-bond acceptors (Lipinski definition) is 4. The zero-order chi connectivity index (χ0) is 22.4. The van der Waals surface area contributed by atoms with Crippen molar-refractivity contribution in [3.63, 3.8) is 0 Å². The van der Waals surface area contributed by atoms with Crippen LogP contribution in [0.4, 0.5) is 0 Å².